The molecule has 0 spiro atoms. The monoisotopic (exact) mass is 397 g/mol. The molecule has 0 fully saturated rings. The summed E-state index contributed by atoms with van der Waals surface area (Å²) in [5, 5.41) is 7.88. The number of aryl methyl sites for hydroxylation is 1. The molecule has 0 unspecified atom stereocenters. The molecule has 1 aliphatic rings. The van der Waals surface area contributed by atoms with Crippen molar-refractivity contribution in [2.45, 2.75) is 31.8 Å². The number of anilines is 2. The molecule has 0 saturated heterocycles. The van der Waals surface area contributed by atoms with Gasteiger partial charge in [0.25, 0.3) is 0 Å². The molecule has 128 valence electrons. The number of hydrogen-bond acceptors (Lipinski definition) is 4. The fourth-order valence-corrected chi connectivity index (χ4v) is 3.63. The van der Waals surface area contributed by atoms with Crippen molar-refractivity contribution in [1.82, 2.24) is 14.8 Å². The topological polar surface area (TPSA) is 68.8 Å². The Balaban J connectivity index is 1.72. The molecule has 3 N–H and O–H groups in total. The van der Waals surface area contributed by atoms with Crippen molar-refractivity contribution in [3.63, 3.8) is 0 Å². The van der Waals surface area contributed by atoms with E-state index in [0.717, 1.165) is 23.3 Å². The molecular formula is C19H20BrN5. The van der Waals surface area contributed by atoms with E-state index in [2.05, 4.69) is 86.8 Å². The Morgan fingerprint density at radius 2 is 1.80 bits per heavy atom. The summed E-state index contributed by atoms with van der Waals surface area (Å²) in [5.74, 6) is 1.02. The molecule has 1 aromatic heterocycles. The average molecular weight is 398 g/mol. The summed E-state index contributed by atoms with van der Waals surface area (Å²) >= 11 is 3.50. The van der Waals surface area contributed by atoms with Gasteiger partial charge in [-0.15, -0.1) is 5.10 Å². The van der Waals surface area contributed by atoms with Crippen molar-refractivity contribution in [2.75, 3.05) is 11.1 Å². The summed E-state index contributed by atoms with van der Waals surface area (Å²) in [6.45, 7) is 2.17. The molecular weight excluding hydrogens is 378 g/mol. The van der Waals surface area contributed by atoms with Gasteiger partial charge in [0.15, 0.2) is 0 Å². The molecule has 0 aliphatic carbocycles. The van der Waals surface area contributed by atoms with Gasteiger partial charge in [-0.1, -0.05) is 59.3 Å². The van der Waals surface area contributed by atoms with E-state index in [-0.39, 0.29) is 12.1 Å². The largest absolute Gasteiger partial charge is 0.366 e. The van der Waals surface area contributed by atoms with E-state index in [4.69, 9.17) is 5.73 Å². The Kier molecular flexibility index (Phi) is 4.21. The zero-order valence-corrected chi connectivity index (χ0v) is 15.6. The summed E-state index contributed by atoms with van der Waals surface area (Å²) in [6, 6.07) is 17.4. The van der Waals surface area contributed by atoms with E-state index in [1.165, 1.54) is 16.7 Å². The molecule has 25 heavy (non-hydrogen) atoms. The first kappa shape index (κ1) is 16.1. The molecule has 2 aromatic carbocycles. The van der Waals surface area contributed by atoms with Crippen LogP contribution in [0.5, 0.6) is 0 Å². The van der Waals surface area contributed by atoms with Crippen molar-refractivity contribution < 1.29 is 0 Å². The molecule has 2 atom stereocenters. The molecule has 6 heteroatoms. The fraction of sp³-hybridized carbons (Fsp3) is 0.263. The van der Waals surface area contributed by atoms with Crippen LogP contribution in [0.4, 0.5) is 11.9 Å². The van der Waals surface area contributed by atoms with Crippen molar-refractivity contribution in [2.24, 2.45) is 0 Å². The van der Waals surface area contributed by atoms with Crippen LogP contribution in [0.1, 0.15) is 42.1 Å². The molecule has 3 aromatic rings. The second-order valence-electron chi connectivity index (χ2n) is 6.33. The van der Waals surface area contributed by atoms with Gasteiger partial charge in [0.1, 0.15) is 0 Å². The first-order valence-corrected chi connectivity index (χ1v) is 9.26. The van der Waals surface area contributed by atoms with E-state index >= 15 is 0 Å². The number of halogens is 1. The maximum atomic E-state index is 5.86. The SMILES string of the molecule is CCc1ccc([C@@H]2C[C@H](c3ccc(Br)cc3)Nc3nc(N)nn32)cc1. The zero-order valence-electron chi connectivity index (χ0n) is 14.0. The molecule has 1 aliphatic heterocycles. The first-order valence-electron chi connectivity index (χ1n) is 8.47. The number of aromatic nitrogens is 3. The van der Waals surface area contributed by atoms with Crippen LogP contribution in [-0.4, -0.2) is 14.8 Å². The summed E-state index contributed by atoms with van der Waals surface area (Å²) in [4.78, 5) is 4.36. The second kappa shape index (κ2) is 6.52. The Labute approximate surface area is 155 Å². The van der Waals surface area contributed by atoms with Gasteiger partial charge < -0.3 is 11.1 Å². The highest BCUT2D eigenvalue weighted by atomic mass is 79.9. The van der Waals surface area contributed by atoms with Gasteiger partial charge in [0.05, 0.1) is 12.1 Å². The summed E-state index contributed by atoms with van der Waals surface area (Å²) < 4.78 is 2.98. The first-order chi connectivity index (χ1) is 12.1. The number of nitrogens with two attached hydrogens (primary N) is 1. The van der Waals surface area contributed by atoms with Crippen LogP contribution >= 0.6 is 15.9 Å². The Morgan fingerprint density at radius 1 is 1.12 bits per heavy atom. The van der Waals surface area contributed by atoms with Gasteiger partial charge in [-0.2, -0.15) is 4.98 Å². The zero-order chi connectivity index (χ0) is 17.4. The minimum atomic E-state index is 0.112. The van der Waals surface area contributed by atoms with E-state index in [0.29, 0.717) is 5.95 Å². The lowest BCUT2D eigenvalue weighted by atomic mass is 9.93. The fourth-order valence-electron chi connectivity index (χ4n) is 3.36. The standard InChI is InChI=1S/C19H20BrN5/c1-2-12-3-5-14(6-4-12)17-11-16(13-7-9-15(20)10-8-13)22-19-23-18(21)24-25(17)19/h3-10,16-17H,2,11H2,1H3,(H3,21,22,23,24)/t16-,17+/m1/s1. The lowest BCUT2D eigenvalue weighted by Crippen LogP contribution is -2.28. The highest BCUT2D eigenvalue weighted by Crippen LogP contribution is 2.38. The molecule has 2 heterocycles. The minimum absolute atomic E-state index is 0.112. The van der Waals surface area contributed by atoms with Crippen molar-refractivity contribution in [3.05, 3.63) is 69.7 Å². The van der Waals surface area contributed by atoms with E-state index in [1.54, 1.807) is 0 Å². The smallest absolute Gasteiger partial charge is 0.241 e. The number of nitrogens with zero attached hydrogens (tertiary/aromatic N) is 3. The molecule has 0 bridgehead atoms. The number of nitrogens with one attached hydrogen (secondary N) is 1. The molecule has 4 rings (SSSR count). The predicted octanol–water partition coefficient (Wildman–Crippen LogP) is 4.33. The van der Waals surface area contributed by atoms with Gasteiger partial charge in [0.2, 0.25) is 11.9 Å². The molecule has 0 amide bonds. The second-order valence-corrected chi connectivity index (χ2v) is 7.25. The van der Waals surface area contributed by atoms with Crippen molar-refractivity contribution >= 4 is 27.8 Å². The van der Waals surface area contributed by atoms with Crippen molar-refractivity contribution in [1.29, 1.82) is 0 Å². The van der Waals surface area contributed by atoms with Crippen LogP contribution in [-0.2, 0) is 6.42 Å². The van der Waals surface area contributed by atoms with E-state index in [9.17, 15) is 0 Å². The Morgan fingerprint density at radius 3 is 2.48 bits per heavy atom. The van der Waals surface area contributed by atoms with Gasteiger partial charge in [-0.25, -0.2) is 4.68 Å². The third-order valence-electron chi connectivity index (χ3n) is 4.75. The van der Waals surface area contributed by atoms with Crippen molar-refractivity contribution in [3.8, 4) is 0 Å². The number of fused-ring (bicyclic) bond motifs is 1. The summed E-state index contributed by atoms with van der Waals surface area (Å²) in [6.07, 6.45) is 1.93. The number of nitrogen functional groups attached to an aromatic ring is 1. The van der Waals surface area contributed by atoms with Gasteiger partial charge in [-0.05, 0) is 41.7 Å². The normalized spacial score (nSPS) is 19.3. The van der Waals surface area contributed by atoms with Gasteiger partial charge in [-0.3, -0.25) is 0 Å². The third kappa shape index (κ3) is 3.14. The lowest BCUT2D eigenvalue weighted by Gasteiger charge is -2.31. The van der Waals surface area contributed by atoms with Crippen LogP contribution in [0.2, 0.25) is 0 Å². The van der Waals surface area contributed by atoms with Crippen LogP contribution in [0.15, 0.2) is 53.0 Å². The van der Waals surface area contributed by atoms with Crippen LogP contribution in [0.25, 0.3) is 0 Å². The number of benzene rings is 2. The summed E-state index contributed by atoms with van der Waals surface area (Å²) in [5.41, 5.74) is 9.65. The Bertz CT molecular complexity index is 870. The van der Waals surface area contributed by atoms with Gasteiger partial charge in [0, 0.05) is 4.47 Å². The van der Waals surface area contributed by atoms with Crippen LogP contribution in [0.3, 0.4) is 0 Å². The molecule has 5 nitrogen and oxygen atoms in total. The lowest BCUT2D eigenvalue weighted by molar-refractivity contribution is 0.431. The van der Waals surface area contributed by atoms with Gasteiger partial charge >= 0.3 is 0 Å². The molecule has 0 radical (unpaired) electrons. The van der Waals surface area contributed by atoms with E-state index < -0.39 is 0 Å². The highest BCUT2D eigenvalue weighted by Gasteiger charge is 2.30. The molecule has 0 saturated carbocycles. The Hall–Kier alpha value is -2.34. The van der Waals surface area contributed by atoms with Crippen LogP contribution < -0.4 is 11.1 Å². The third-order valence-corrected chi connectivity index (χ3v) is 5.28. The highest BCUT2D eigenvalue weighted by molar-refractivity contribution is 9.10. The van der Waals surface area contributed by atoms with E-state index in [1.807, 2.05) is 4.68 Å². The summed E-state index contributed by atoms with van der Waals surface area (Å²) in [7, 11) is 0. The number of rotatable bonds is 3. The predicted molar refractivity (Wildman–Crippen MR) is 104 cm³/mol. The quantitative estimate of drug-likeness (QED) is 0.689. The number of hydrogen-bond donors (Lipinski definition) is 2. The van der Waals surface area contributed by atoms with Crippen LogP contribution in [0, 0.1) is 0 Å². The minimum Gasteiger partial charge on any atom is -0.366 e. The maximum absolute atomic E-state index is 5.86. The maximum Gasteiger partial charge on any atom is 0.241 e. The average Bonchev–Trinajstić information content (AvgIpc) is 3.01.